The van der Waals surface area contributed by atoms with E-state index in [1.54, 1.807) is 12.1 Å². The summed E-state index contributed by atoms with van der Waals surface area (Å²) >= 11 is 1.46. The summed E-state index contributed by atoms with van der Waals surface area (Å²) in [4.78, 5) is 1.73. The van der Waals surface area contributed by atoms with Gasteiger partial charge in [0.1, 0.15) is 5.82 Å². The molecule has 110 valence electrons. The third-order valence-corrected chi connectivity index (χ3v) is 4.68. The van der Waals surface area contributed by atoms with Gasteiger partial charge < -0.3 is 10.5 Å². The summed E-state index contributed by atoms with van der Waals surface area (Å²) in [6.45, 7) is 1.14. The summed E-state index contributed by atoms with van der Waals surface area (Å²) in [6, 6.07) is 13.2. The van der Waals surface area contributed by atoms with Crippen molar-refractivity contribution in [1.29, 1.82) is 0 Å². The predicted molar refractivity (Wildman–Crippen MR) is 83.0 cm³/mol. The maximum atomic E-state index is 13.7. The molecule has 0 saturated heterocycles. The van der Waals surface area contributed by atoms with Gasteiger partial charge in [0.05, 0.1) is 12.7 Å². The smallest absolute Gasteiger partial charge is 0.137 e. The summed E-state index contributed by atoms with van der Waals surface area (Å²) in [5.74, 6) is -0.174. The number of hydrogen-bond acceptors (Lipinski definition) is 3. The first kappa shape index (κ1) is 14.6. The zero-order valence-corrected chi connectivity index (χ0v) is 12.5. The number of halogens is 1. The van der Waals surface area contributed by atoms with E-state index in [1.807, 2.05) is 12.1 Å². The van der Waals surface area contributed by atoms with E-state index in [0.717, 1.165) is 17.7 Å². The zero-order valence-electron chi connectivity index (χ0n) is 11.7. The summed E-state index contributed by atoms with van der Waals surface area (Å²) in [5, 5.41) is 0. The minimum absolute atomic E-state index is 0.163. The van der Waals surface area contributed by atoms with Crippen molar-refractivity contribution in [2.45, 2.75) is 28.7 Å². The molecule has 2 aromatic rings. The summed E-state index contributed by atoms with van der Waals surface area (Å²) in [7, 11) is 0. The lowest BCUT2D eigenvalue weighted by atomic mass is 10.1. The van der Waals surface area contributed by atoms with Crippen LogP contribution in [0.15, 0.2) is 52.3 Å². The van der Waals surface area contributed by atoms with Crippen molar-refractivity contribution in [2.24, 2.45) is 5.73 Å². The molecule has 0 saturated carbocycles. The Labute approximate surface area is 128 Å². The second-order valence-electron chi connectivity index (χ2n) is 5.08. The van der Waals surface area contributed by atoms with Crippen LogP contribution in [0, 0.1) is 5.82 Å². The van der Waals surface area contributed by atoms with Gasteiger partial charge in [0, 0.05) is 16.3 Å². The number of aryl methyl sites for hydroxylation is 1. The summed E-state index contributed by atoms with van der Waals surface area (Å²) in [5.41, 5.74) is 8.04. The van der Waals surface area contributed by atoms with Crippen LogP contribution >= 0.6 is 11.8 Å². The second kappa shape index (κ2) is 6.60. The van der Waals surface area contributed by atoms with Crippen LogP contribution in [0.4, 0.5) is 4.39 Å². The zero-order chi connectivity index (χ0) is 14.7. The van der Waals surface area contributed by atoms with E-state index >= 15 is 0 Å². The first-order valence-electron chi connectivity index (χ1n) is 7.15. The number of hydrogen-bond donors (Lipinski definition) is 1. The van der Waals surface area contributed by atoms with Gasteiger partial charge in [0.15, 0.2) is 0 Å². The monoisotopic (exact) mass is 303 g/mol. The average molecular weight is 303 g/mol. The average Bonchev–Trinajstić information content (AvgIpc) is 2.90. The molecule has 4 heteroatoms. The highest BCUT2D eigenvalue weighted by Gasteiger charge is 2.23. The van der Waals surface area contributed by atoms with E-state index in [1.165, 1.54) is 29.0 Å². The first-order chi connectivity index (χ1) is 10.3. The molecule has 1 atom stereocenters. The maximum Gasteiger partial charge on any atom is 0.137 e. The number of rotatable bonds is 5. The molecule has 0 bridgehead atoms. The van der Waals surface area contributed by atoms with Gasteiger partial charge >= 0.3 is 0 Å². The summed E-state index contributed by atoms with van der Waals surface area (Å²) < 4.78 is 19.5. The Morgan fingerprint density at radius 2 is 2.10 bits per heavy atom. The topological polar surface area (TPSA) is 35.2 Å². The third kappa shape index (κ3) is 3.28. The van der Waals surface area contributed by atoms with Crippen LogP contribution in [0.2, 0.25) is 0 Å². The molecular weight excluding hydrogens is 285 g/mol. The lowest BCUT2D eigenvalue weighted by molar-refractivity contribution is 0.0597. The Balaban J connectivity index is 1.77. The maximum absolute atomic E-state index is 13.7. The van der Waals surface area contributed by atoms with Gasteiger partial charge in [-0.15, -0.1) is 0 Å². The van der Waals surface area contributed by atoms with Gasteiger partial charge in [-0.2, -0.15) is 0 Å². The largest absolute Gasteiger partial charge is 0.372 e. The van der Waals surface area contributed by atoms with Crippen molar-refractivity contribution in [3.05, 3.63) is 59.4 Å². The van der Waals surface area contributed by atoms with E-state index < -0.39 is 0 Å². The normalized spacial score (nSPS) is 17.0. The van der Waals surface area contributed by atoms with E-state index in [9.17, 15) is 4.39 Å². The van der Waals surface area contributed by atoms with Crippen molar-refractivity contribution in [3.8, 4) is 0 Å². The van der Waals surface area contributed by atoms with E-state index in [4.69, 9.17) is 10.5 Å². The van der Waals surface area contributed by atoms with Crippen LogP contribution < -0.4 is 5.73 Å². The van der Waals surface area contributed by atoms with Crippen LogP contribution in [0.3, 0.4) is 0 Å². The van der Waals surface area contributed by atoms with Gasteiger partial charge in [-0.3, -0.25) is 0 Å². The van der Waals surface area contributed by atoms with Gasteiger partial charge in [-0.1, -0.05) is 30.0 Å². The van der Waals surface area contributed by atoms with Crippen LogP contribution in [-0.2, 0) is 11.2 Å². The molecule has 2 nitrogen and oxygen atoms in total. The number of ether oxygens (including phenoxy) is 1. The van der Waals surface area contributed by atoms with Crippen LogP contribution in [0.25, 0.3) is 0 Å². The Hall–Kier alpha value is -1.36. The molecule has 0 spiro atoms. The molecule has 2 aromatic carbocycles. The van der Waals surface area contributed by atoms with Crippen LogP contribution in [-0.4, -0.2) is 13.2 Å². The summed E-state index contributed by atoms with van der Waals surface area (Å²) in [6.07, 6.45) is 2.18. The highest BCUT2D eigenvalue weighted by atomic mass is 32.2. The van der Waals surface area contributed by atoms with Gasteiger partial charge in [0.2, 0.25) is 0 Å². The van der Waals surface area contributed by atoms with Gasteiger partial charge in [-0.05, 0) is 48.2 Å². The lowest BCUT2D eigenvalue weighted by Crippen LogP contribution is -2.11. The molecule has 0 radical (unpaired) electrons. The second-order valence-corrected chi connectivity index (χ2v) is 6.20. The standard InChI is InChI=1S/C17H18FNOS/c18-15-3-1-2-4-17(15)21-13-6-7-14-12(11-13)5-8-16(14)20-10-9-19/h1-4,6-7,11,16H,5,8-10,19H2. The Kier molecular flexibility index (Phi) is 4.58. The van der Waals surface area contributed by atoms with E-state index in [2.05, 4.69) is 12.1 Å². The third-order valence-electron chi connectivity index (χ3n) is 3.64. The predicted octanol–water partition coefficient (Wildman–Crippen LogP) is 3.94. The Morgan fingerprint density at radius 3 is 2.90 bits per heavy atom. The SMILES string of the molecule is NCCOC1CCc2cc(Sc3ccccc3F)ccc21. The first-order valence-corrected chi connectivity index (χ1v) is 7.96. The number of benzene rings is 2. The van der Waals surface area contributed by atoms with Crippen molar-refractivity contribution < 1.29 is 9.13 Å². The molecule has 1 aliphatic rings. The quantitative estimate of drug-likeness (QED) is 0.908. The van der Waals surface area contributed by atoms with E-state index in [0.29, 0.717) is 18.0 Å². The van der Waals surface area contributed by atoms with E-state index in [-0.39, 0.29) is 11.9 Å². The van der Waals surface area contributed by atoms with Crippen molar-refractivity contribution >= 4 is 11.8 Å². The highest BCUT2D eigenvalue weighted by Crippen LogP contribution is 2.38. The minimum Gasteiger partial charge on any atom is -0.372 e. The molecular formula is C17H18FNOS. The molecule has 0 aliphatic heterocycles. The van der Waals surface area contributed by atoms with Crippen LogP contribution in [0.5, 0.6) is 0 Å². The fourth-order valence-corrected chi connectivity index (χ4v) is 3.56. The van der Waals surface area contributed by atoms with Gasteiger partial charge in [0.25, 0.3) is 0 Å². The lowest BCUT2D eigenvalue weighted by Gasteiger charge is -2.13. The molecule has 1 aliphatic carbocycles. The Morgan fingerprint density at radius 1 is 1.24 bits per heavy atom. The van der Waals surface area contributed by atoms with Crippen LogP contribution in [0.1, 0.15) is 23.7 Å². The van der Waals surface area contributed by atoms with Gasteiger partial charge in [-0.25, -0.2) is 4.39 Å². The molecule has 0 heterocycles. The van der Waals surface area contributed by atoms with Crippen molar-refractivity contribution in [1.82, 2.24) is 0 Å². The van der Waals surface area contributed by atoms with Crippen molar-refractivity contribution in [2.75, 3.05) is 13.2 Å². The molecule has 0 fully saturated rings. The molecule has 1 unspecified atom stereocenters. The fraction of sp³-hybridized carbons (Fsp3) is 0.294. The highest BCUT2D eigenvalue weighted by molar-refractivity contribution is 7.99. The molecule has 0 amide bonds. The minimum atomic E-state index is -0.174. The molecule has 3 rings (SSSR count). The van der Waals surface area contributed by atoms with Crippen molar-refractivity contribution in [3.63, 3.8) is 0 Å². The molecule has 21 heavy (non-hydrogen) atoms. The Bertz CT molecular complexity index is 632. The number of nitrogens with two attached hydrogens (primary N) is 1. The molecule has 2 N–H and O–H groups in total. The molecule has 0 aromatic heterocycles. The fourth-order valence-electron chi connectivity index (χ4n) is 2.66. The number of fused-ring (bicyclic) bond motifs is 1.